The maximum Gasteiger partial charge on any atom is 0.277 e. The van der Waals surface area contributed by atoms with Crippen molar-refractivity contribution >= 4 is 33.1 Å². The van der Waals surface area contributed by atoms with Crippen LogP contribution in [0.5, 0.6) is 0 Å². The molecule has 1 aliphatic heterocycles. The standard InChI is InChI=1S/C24H30N4OS/c1-26(2)19-13-11-18(12-14-19)16-27(3)23(29)17-28-15-7-6-9-21(28)24-25-20-8-4-5-10-22(20)30-24/h4-5,8,10-14,21H,6-7,9,15-17H2,1-3H3/p+1/t21-/m0/s1. The van der Waals surface area contributed by atoms with Gasteiger partial charge in [0.1, 0.15) is 6.04 Å². The van der Waals surface area contributed by atoms with Gasteiger partial charge in [0.15, 0.2) is 11.6 Å². The number of piperidine rings is 1. The highest BCUT2D eigenvalue weighted by molar-refractivity contribution is 7.18. The topological polar surface area (TPSA) is 40.9 Å². The summed E-state index contributed by atoms with van der Waals surface area (Å²) >= 11 is 1.79. The van der Waals surface area contributed by atoms with Gasteiger partial charge in [0, 0.05) is 39.8 Å². The Morgan fingerprint density at radius 3 is 2.60 bits per heavy atom. The number of anilines is 1. The summed E-state index contributed by atoms with van der Waals surface area (Å²) < 4.78 is 1.24. The van der Waals surface area contributed by atoms with Gasteiger partial charge < -0.3 is 14.7 Å². The van der Waals surface area contributed by atoms with Crippen molar-refractivity contribution in [2.45, 2.75) is 31.8 Å². The monoisotopic (exact) mass is 423 g/mol. The molecule has 0 saturated carbocycles. The van der Waals surface area contributed by atoms with E-state index in [-0.39, 0.29) is 5.91 Å². The summed E-state index contributed by atoms with van der Waals surface area (Å²) in [5.74, 6) is 0.203. The lowest BCUT2D eigenvalue weighted by atomic mass is 10.0. The first-order valence-electron chi connectivity index (χ1n) is 10.7. The fourth-order valence-electron chi connectivity index (χ4n) is 4.22. The molecule has 3 aromatic rings. The molecule has 0 bridgehead atoms. The van der Waals surface area contributed by atoms with Gasteiger partial charge in [-0.1, -0.05) is 24.3 Å². The van der Waals surface area contributed by atoms with Gasteiger partial charge in [-0.05, 0) is 42.7 Å². The minimum atomic E-state index is 0.203. The van der Waals surface area contributed by atoms with Gasteiger partial charge in [-0.3, -0.25) is 4.79 Å². The molecule has 4 rings (SSSR count). The van der Waals surface area contributed by atoms with Crippen LogP contribution in [0.25, 0.3) is 10.2 Å². The number of nitrogens with one attached hydrogen (secondary N) is 1. The molecule has 0 aliphatic carbocycles. The minimum absolute atomic E-state index is 0.203. The van der Waals surface area contributed by atoms with Gasteiger partial charge in [0.2, 0.25) is 0 Å². The molecule has 0 spiro atoms. The fourth-order valence-corrected chi connectivity index (χ4v) is 5.38. The van der Waals surface area contributed by atoms with E-state index in [0.717, 1.165) is 24.0 Å². The van der Waals surface area contributed by atoms with E-state index in [1.807, 2.05) is 32.1 Å². The summed E-state index contributed by atoms with van der Waals surface area (Å²) in [6.07, 6.45) is 3.50. The van der Waals surface area contributed by atoms with E-state index in [1.165, 1.54) is 33.1 Å². The Morgan fingerprint density at radius 2 is 1.87 bits per heavy atom. The van der Waals surface area contributed by atoms with Crippen LogP contribution in [0.2, 0.25) is 0 Å². The Bertz CT molecular complexity index is 965. The molecule has 1 N–H and O–H groups in total. The smallest absolute Gasteiger partial charge is 0.277 e. The molecule has 30 heavy (non-hydrogen) atoms. The van der Waals surface area contributed by atoms with Crippen molar-refractivity contribution in [2.75, 3.05) is 39.1 Å². The number of carbonyl (C=O) groups is 1. The van der Waals surface area contributed by atoms with Crippen LogP contribution in [0.4, 0.5) is 5.69 Å². The number of amides is 1. The number of thiazole rings is 1. The van der Waals surface area contributed by atoms with Crippen LogP contribution >= 0.6 is 11.3 Å². The Hall–Kier alpha value is -2.44. The first kappa shape index (κ1) is 20.8. The van der Waals surface area contributed by atoms with Gasteiger partial charge >= 0.3 is 0 Å². The minimum Gasteiger partial charge on any atom is -0.378 e. The van der Waals surface area contributed by atoms with Crippen LogP contribution in [0, 0.1) is 0 Å². The predicted molar refractivity (Wildman–Crippen MR) is 124 cm³/mol. The summed E-state index contributed by atoms with van der Waals surface area (Å²) in [6, 6.07) is 17.1. The second-order valence-electron chi connectivity index (χ2n) is 8.46. The number of para-hydroxylation sites is 1. The average molecular weight is 424 g/mol. The predicted octanol–water partition coefficient (Wildman–Crippen LogP) is 3.13. The van der Waals surface area contributed by atoms with E-state index in [2.05, 4.69) is 47.4 Å². The van der Waals surface area contributed by atoms with Crippen molar-refractivity contribution < 1.29 is 9.69 Å². The van der Waals surface area contributed by atoms with E-state index in [0.29, 0.717) is 19.1 Å². The maximum absolute atomic E-state index is 13.0. The van der Waals surface area contributed by atoms with Crippen molar-refractivity contribution in [3.8, 4) is 0 Å². The van der Waals surface area contributed by atoms with Crippen molar-refractivity contribution in [1.82, 2.24) is 9.88 Å². The molecule has 158 valence electrons. The van der Waals surface area contributed by atoms with E-state index in [4.69, 9.17) is 4.98 Å². The lowest BCUT2D eigenvalue weighted by Gasteiger charge is -2.32. The fraction of sp³-hybridized carbons (Fsp3) is 0.417. The Kier molecular flexibility index (Phi) is 6.35. The van der Waals surface area contributed by atoms with Crippen LogP contribution in [-0.4, -0.2) is 50.0 Å². The van der Waals surface area contributed by atoms with Crippen LogP contribution in [0.3, 0.4) is 0 Å². The molecule has 1 amide bonds. The Balaban J connectivity index is 1.42. The highest BCUT2D eigenvalue weighted by atomic mass is 32.1. The lowest BCUT2D eigenvalue weighted by molar-refractivity contribution is -0.929. The second kappa shape index (κ2) is 9.14. The first-order chi connectivity index (χ1) is 14.5. The molecule has 2 heterocycles. The molecule has 1 saturated heterocycles. The number of rotatable bonds is 6. The zero-order valence-electron chi connectivity index (χ0n) is 18.1. The highest BCUT2D eigenvalue weighted by Gasteiger charge is 2.32. The third-order valence-electron chi connectivity index (χ3n) is 6.02. The summed E-state index contributed by atoms with van der Waals surface area (Å²) in [5, 5.41) is 1.18. The maximum atomic E-state index is 13.0. The number of carbonyl (C=O) groups excluding carboxylic acids is 1. The Labute approximate surface area is 182 Å². The molecule has 1 fully saturated rings. The van der Waals surface area contributed by atoms with E-state index in [9.17, 15) is 4.79 Å². The Morgan fingerprint density at radius 1 is 1.10 bits per heavy atom. The molecule has 2 atom stereocenters. The third-order valence-corrected chi connectivity index (χ3v) is 7.17. The number of fused-ring (bicyclic) bond motifs is 1. The number of hydrogen-bond donors (Lipinski definition) is 1. The molecule has 1 unspecified atom stereocenters. The summed E-state index contributed by atoms with van der Waals surface area (Å²) in [4.78, 5) is 23.2. The van der Waals surface area contributed by atoms with Crippen LogP contribution in [0.15, 0.2) is 48.5 Å². The van der Waals surface area contributed by atoms with Crippen molar-refractivity contribution in [1.29, 1.82) is 0 Å². The highest BCUT2D eigenvalue weighted by Crippen LogP contribution is 2.28. The summed E-state index contributed by atoms with van der Waals surface area (Å²) in [5.41, 5.74) is 3.41. The zero-order chi connectivity index (χ0) is 21.1. The van der Waals surface area contributed by atoms with Gasteiger partial charge in [-0.25, -0.2) is 4.98 Å². The van der Waals surface area contributed by atoms with Gasteiger partial charge in [-0.15, -0.1) is 11.3 Å². The van der Waals surface area contributed by atoms with E-state index < -0.39 is 0 Å². The van der Waals surface area contributed by atoms with Crippen LogP contribution < -0.4 is 9.80 Å². The number of hydrogen-bond acceptors (Lipinski definition) is 4. The molecule has 6 heteroatoms. The molecule has 1 aromatic heterocycles. The quantitative estimate of drug-likeness (QED) is 0.662. The van der Waals surface area contributed by atoms with Gasteiger partial charge in [0.25, 0.3) is 5.91 Å². The van der Waals surface area contributed by atoms with E-state index >= 15 is 0 Å². The van der Waals surface area contributed by atoms with Crippen molar-refractivity contribution in [2.24, 2.45) is 0 Å². The molecule has 5 nitrogen and oxygen atoms in total. The van der Waals surface area contributed by atoms with Crippen LogP contribution in [0.1, 0.15) is 35.9 Å². The summed E-state index contributed by atoms with van der Waals surface area (Å²) in [6.45, 7) is 2.22. The largest absolute Gasteiger partial charge is 0.378 e. The number of likely N-dealkylation sites (N-methyl/N-ethyl adjacent to an activating group) is 1. The number of nitrogens with zero attached hydrogens (tertiary/aromatic N) is 3. The average Bonchev–Trinajstić information content (AvgIpc) is 3.18. The van der Waals surface area contributed by atoms with Crippen LogP contribution in [-0.2, 0) is 11.3 Å². The zero-order valence-corrected chi connectivity index (χ0v) is 18.9. The number of aromatic nitrogens is 1. The summed E-state index contributed by atoms with van der Waals surface area (Å²) in [7, 11) is 5.99. The van der Waals surface area contributed by atoms with Gasteiger partial charge in [0.05, 0.1) is 16.8 Å². The van der Waals surface area contributed by atoms with E-state index in [1.54, 1.807) is 11.3 Å². The molecular weight excluding hydrogens is 392 g/mol. The van der Waals surface area contributed by atoms with Crippen molar-refractivity contribution in [3.63, 3.8) is 0 Å². The number of benzene rings is 2. The first-order valence-corrected chi connectivity index (χ1v) is 11.5. The molecule has 0 radical (unpaired) electrons. The molecule has 1 aliphatic rings. The molecule has 2 aromatic carbocycles. The normalized spacial score (nSPS) is 19.0. The number of likely N-dealkylation sites (tertiary alicyclic amines) is 1. The third kappa shape index (κ3) is 4.65. The molecular formula is C24H31N4OS+. The SMILES string of the molecule is CN(Cc1ccc(N(C)C)cc1)C(=O)C[NH+]1CCCC[C@H]1c1nc2ccccc2s1. The van der Waals surface area contributed by atoms with Crippen molar-refractivity contribution in [3.05, 3.63) is 59.1 Å². The number of quaternary nitrogens is 1. The van der Waals surface area contributed by atoms with Gasteiger partial charge in [-0.2, -0.15) is 0 Å². The second-order valence-corrected chi connectivity index (χ2v) is 9.53. The lowest BCUT2D eigenvalue weighted by Crippen LogP contribution is -3.14.